The van der Waals surface area contributed by atoms with Crippen molar-refractivity contribution in [2.24, 2.45) is 0 Å². The summed E-state index contributed by atoms with van der Waals surface area (Å²) in [6, 6.07) is 7.61. The predicted molar refractivity (Wildman–Crippen MR) is 59.2 cm³/mol. The maximum Gasteiger partial charge on any atom is 0.338 e. The van der Waals surface area contributed by atoms with Crippen LogP contribution < -0.4 is 4.90 Å². The van der Waals surface area contributed by atoms with Gasteiger partial charge in [0.1, 0.15) is 0 Å². The Bertz CT molecular complexity index is 341. The van der Waals surface area contributed by atoms with Crippen molar-refractivity contribution < 1.29 is 9.53 Å². The maximum atomic E-state index is 11.4. The monoisotopic (exact) mass is 205 g/mol. The van der Waals surface area contributed by atoms with Gasteiger partial charge in [-0.15, -0.1) is 0 Å². The van der Waals surface area contributed by atoms with Crippen molar-refractivity contribution in [3.05, 3.63) is 29.8 Å². The fraction of sp³-hybridized carbons (Fsp3) is 0.417. The number of hydrogen-bond donors (Lipinski definition) is 0. The molecule has 15 heavy (non-hydrogen) atoms. The second-order valence-corrected chi connectivity index (χ2v) is 3.61. The molecule has 0 amide bonds. The normalized spacial score (nSPS) is 14.6. The van der Waals surface area contributed by atoms with Gasteiger partial charge in [0, 0.05) is 18.8 Å². The van der Waals surface area contributed by atoms with E-state index in [-0.39, 0.29) is 5.97 Å². The maximum absolute atomic E-state index is 11.4. The first-order valence-corrected chi connectivity index (χ1v) is 5.33. The van der Waals surface area contributed by atoms with Crippen molar-refractivity contribution in [2.75, 3.05) is 24.6 Å². The molecule has 0 radical (unpaired) electrons. The number of anilines is 1. The van der Waals surface area contributed by atoms with Crippen LogP contribution in [-0.4, -0.2) is 25.7 Å². The zero-order valence-corrected chi connectivity index (χ0v) is 8.90. The number of hydrogen-bond acceptors (Lipinski definition) is 3. The fourth-order valence-electron chi connectivity index (χ4n) is 1.60. The lowest BCUT2D eigenvalue weighted by molar-refractivity contribution is 0.0526. The molecule has 0 aliphatic carbocycles. The van der Waals surface area contributed by atoms with Crippen LogP contribution in [0, 0.1) is 0 Å². The molecule has 1 aromatic rings. The summed E-state index contributed by atoms with van der Waals surface area (Å²) in [5.74, 6) is -0.243. The molecule has 1 aliphatic rings. The second kappa shape index (κ2) is 4.34. The molecular weight excluding hydrogens is 190 g/mol. The summed E-state index contributed by atoms with van der Waals surface area (Å²) in [5, 5.41) is 0. The largest absolute Gasteiger partial charge is 0.462 e. The summed E-state index contributed by atoms with van der Waals surface area (Å²) >= 11 is 0. The van der Waals surface area contributed by atoms with Crippen LogP contribution in [-0.2, 0) is 4.74 Å². The first kappa shape index (κ1) is 10.0. The minimum atomic E-state index is -0.243. The molecule has 3 heteroatoms. The first-order chi connectivity index (χ1) is 7.31. The molecule has 1 fully saturated rings. The van der Waals surface area contributed by atoms with Crippen LogP contribution in [0.25, 0.3) is 0 Å². The molecule has 0 atom stereocenters. The summed E-state index contributed by atoms with van der Waals surface area (Å²) in [6.07, 6.45) is 1.26. The van der Waals surface area contributed by atoms with Crippen LogP contribution in [0.15, 0.2) is 24.3 Å². The van der Waals surface area contributed by atoms with Crippen molar-refractivity contribution in [3.8, 4) is 0 Å². The van der Waals surface area contributed by atoms with Crippen molar-refractivity contribution in [1.29, 1.82) is 0 Å². The molecule has 1 heterocycles. The lowest BCUT2D eigenvalue weighted by atomic mass is 10.1. The number of ether oxygens (including phenoxy) is 1. The van der Waals surface area contributed by atoms with E-state index in [9.17, 15) is 4.79 Å². The van der Waals surface area contributed by atoms with E-state index in [4.69, 9.17) is 4.74 Å². The minimum absolute atomic E-state index is 0.243. The van der Waals surface area contributed by atoms with Crippen LogP contribution in [0.3, 0.4) is 0 Å². The summed E-state index contributed by atoms with van der Waals surface area (Å²) in [7, 11) is 0. The Balaban J connectivity index is 2.06. The molecule has 0 saturated carbocycles. The van der Waals surface area contributed by atoms with E-state index in [1.165, 1.54) is 12.1 Å². The SMILES string of the molecule is CCOC(=O)c1ccc(N2CCC2)cc1. The third-order valence-corrected chi connectivity index (χ3v) is 2.60. The van der Waals surface area contributed by atoms with E-state index in [1.807, 2.05) is 31.2 Å². The van der Waals surface area contributed by atoms with E-state index in [2.05, 4.69) is 4.90 Å². The molecule has 3 nitrogen and oxygen atoms in total. The molecule has 0 N–H and O–H groups in total. The summed E-state index contributed by atoms with van der Waals surface area (Å²) in [4.78, 5) is 13.7. The van der Waals surface area contributed by atoms with E-state index in [0.29, 0.717) is 12.2 Å². The third kappa shape index (κ3) is 2.12. The lowest BCUT2D eigenvalue weighted by Crippen LogP contribution is -2.36. The van der Waals surface area contributed by atoms with E-state index < -0.39 is 0 Å². The predicted octanol–water partition coefficient (Wildman–Crippen LogP) is 2.07. The Labute approximate surface area is 89.7 Å². The molecule has 1 aromatic carbocycles. The Kier molecular flexibility index (Phi) is 2.90. The number of carbonyl (C=O) groups is 1. The van der Waals surface area contributed by atoms with Gasteiger partial charge in [-0.25, -0.2) is 4.79 Å². The van der Waals surface area contributed by atoms with E-state index in [1.54, 1.807) is 0 Å². The van der Waals surface area contributed by atoms with Gasteiger partial charge in [0.15, 0.2) is 0 Å². The first-order valence-electron chi connectivity index (χ1n) is 5.33. The number of esters is 1. The number of rotatable bonds is 3. The van der Waals surface area contributed by atoms with Crippen molar-refractivity contribution >= 4 is 11.7 Å². The highest BCUT2D eigenvalue weighted by atomic mass is 16.5. The Morgan fingerprint density at radius 2 is 2.00 bits per heavy atom. The van der Waals surface area contributed by atoms with Gasteiger partial charge < -0.3 is 9.64 Å². The van der Waals surface area contributed by atoms with Gasteiger partial charge >= 0.3 is 5.97 Å². The summed E-state index contributed by atoms with van der Waals surface area (Å²) < 4.78 is 4.92. The van der Waals surface area contributed by atoms with Gasteiger partial charge in [-0.05, 0) is 37.6 Å². The quantitative estimate of drug-likeness (QED) is 0.707. The zero-order chi connectivity index (χ0) is 10.7. The van der Waals surface area contributed by atoms with Gasteiger partial charge in [0.25, 0.3) is 0 Å². The molecule has 80 valence electrons. The van der Waals surface area contributed by atoms with Crippen LogP contribution in [0.4, 0.5) is 5.69 Å². The average Bonchev–Trinajstić information content (AvgIpc) is 2.16. The molecule has 0 aromatic heterocycles. The standard InChI is InChI=1S/C12H15NO2/c1-2-15-12(14)10-4-6-11(7-5-10)13-8-3-9-13/h4-7H,2-3,8-9H2,1H3. The molecule has 1 saturated heterocycles. The van der Waals surface area contributed by atoms with Crippen molar-refractivity contribution in [2.45, 2.75) is 13.3 Å². The highest BCUT2D eigenvalue weighted by Crippen LogP contribution is 2.20. The van der Waals surface area contributed by atoms with Crippen LogP contribution in [0.2, 0.25) is 0 Å². The number of nitrogens with zero attached hydrogens (tertiary/aromatic N) is 1. The topological polar surface area (TPSA) is 29.5 Å². The van der Waals surface area contributed by atoms with Crippen LogP contribution in [0.5, 0.6) is 0 Å². The Hall–Kier alpha value is -1.51. The highest BCUT2D eigenvalue weighted by molar-refractivity contribution is 5.89. The highest BCUT2D eigenvalue weighted by Gasteiger charge is 2.14. The smallest absolute Gasteiger partial charge is 0.338 e. The van der Waals surface area contributed by atoms with Gasteiger partial charge in [-0.1, -0.05) is 0 Å². The fourth-order valence-corrected chi connectivity index (χ4v) is 1.60. The van der Waals surface area contributed by atoms with Gasteiger partial charge in [-0.3, -0.25) is 0 Å². The summed E-state index contributed by atoms with van der Waals surface area (Å²) in [5.41, 5.74) is 1.82. The number of benzene rings is 1. The average molecular weight is 205 g/mol. The Morgan fingerprint density at radius 3 is 2.47 bits per heavy atom. The van der Waals surface area contributed by atoms with Crippen LogP contribution in [0.1, 0.15) is 23.7 Å². The minimum Gasteiger partial charge on any atom is -0.462 e. The molecule has 0 unspecified atom stereocenters. The molecular formula is C12H15NO2. The number of carbonyl (C=O) groups excluding carboxylic acids is 1. The Morgan fingerprint density at radius 1 is 1.33 bits per heavy atom. The van der Waals surface area contributed by atoms with Gasteiger partial charge in [0.05, 0.1) is 12.2 Å². The third-order valence-electron chi connectivity index (χ3n) is 2.60. The molecule has 2 rings (SSSR count). The van der Waals surface area contributed by atoms with Gasteiger partial charge in [0.2, 0.25) is 0 Å². The zero-order valence-electron chi connectivity index (χ0n) is 8.90. The summed E-state index contributed by atoms with van der Waals surface area (Å²) in [6.45, 7) is 4.48. The van der Waals surface area contributed by atoms with Crippen molar-refractivity contribution in [1.82, 2.24) is 0 Å². The molecule has 0 spiro atoms. The molecule has 0 bridgehead atoms. The lowest BCUT2D eigenvalue weighted by Gasteiger charge is -2.33. The van der Waals surface area contributed by atoms with Crippen molar-refractivity contribution in [3.63, 3.8) is 0 Å². The second-order valence-electron chi connectivity index (χ2n) is 3.61. The van der Waals surface area contributed by atoms with Gasteiger partial charge in [-0.2, -0.15) is 0 Å². The van der Waals surface area contributed by atoms with E-state index >= 15 is 0 Å². The molecule has 1 aliphatic heterocycles. The van der Waals surface area contributed by atoms with Crippen LogP contribution >= 0.6 is 0 Å². The van der Waals surface area contributed by atoms with E-state index in [0.717, 1.165) is 13.1 Å².